The van der Waals surface area contributed by atoms with Crippen molar-refractivity contribution in [2.24, 2.45) is 0 Å². The number of aliphatic hydroxyl groups excluding tert-OH is 1. The van der Waals surface area contributed by atoms with E-state index in [9.17, 15) is 0 Å². The molecule has 0 rings (SSSR count). The maximum atomic E-state index is 7.32. The molecule has 62 valence electrons. The summed E-state index contributed by atoms with van der Waals surface area (Å²) in [5.41, 5.74) is 0. The van der Waals surface area contributed by atoms with E-state index in [2.05, 4.69) is 25.9 Å². The lowest BCUT2D eigenvalue weighted by Crippen LogP contribution is -2.08. The number of rotatable bonds is 1. The van der Waals surface area contributed by atoms with Crippen LogP contribution in [0, 0.1) is 11.3 Å². The molecule has 0 aromatic heterocycles. The van der Waals surface area contributed by atoms with Crippen molar-refractivity contribution in [2.45, 2.75) is 13.8 Å². The predicted octanol–water partition coefficient (Wildman–Crippen LogP) is 0.706. The molecule has 0 atom stereocenters. The zero-order valence-electron chi connectivity index (χ0n) is 7.55. The number of hydrogen-bond donors (Lipinski definition) is 1. The van der Waals surface area contributed by atoms with E-state index >= 15 is 0 Å². The standard InChI is InChI=1S/C4H11N.C2H3N.CH4O/c1-4-5(2)3;1-2-3;1-2/h4H2,1-3H3;1H3;2H,1H3. The fourth-order valence-corrected chi connectivity index (χ4v) is 0. The smallest absolute Gasteiger partial charge is 0.0587 e. The maximum Gasteiger partial charge on any atom is 0.0587 e. The molecule has 0 heterocycles. The van der Waals surface area contributed by atoms with Gasteiger partial charge < -0.3 is 10.0 Å². The summed E-state index contributed by atoms with van der Waals surface area (Å²) in [4.78, 5) is 2.12. The van der Waals surface area contributed by atoms with Crippen molar-refractivity contribution in [2.75, 3.05) is 27.7 Å². The quantitative estimate of drug-likeness (QED) is 0.592. The highest BCUT2D eigenvalue weighted by Crippen LogP contribution is 1.63. The zero-order valence-corrected chi connectivity index (χ0v) is 7.55. The Hall–Kier alpha value is -0.590. The van der Waals surface area contributed by atoms with Crippen molar-refractivity contribution in [1.82, 2.24) is 4.90 Å². The average molecular weight is 146 g/mol. The maximum absolute atomic E-state index is 7.32. The summed E-state index contributed by atoms with van der Waals surface area (Å²) >= 11 is 0. The molecule has 0 unspecified atom stereocenters. The molecule has 10 heavy (non-hydrogen) atoms. The van der Waals surface area contributed by atoms with Crippen LogP contribution in [0.3, 0.4) is 0 Å². The second-order valence-corrected chi connectivity index (χ2v) is 1.62. The average Bonchev–Trinajstić information content (AvgIpc) is 1.94. The summed E-state index contributed by atoms with van der Waals surface area (Å²) in [5.74, 6) is 0. The van der Waals surface area contributed by atoms with Gasteiger partial charge in [-0.3, -0.25) is 0 Å². The van der Waals surface area contributed by atoms with Crippen LogP contribution in [0.1, 0.15) is 13.8 Å². The number of hydrogen-bond acceptors (Lipinski definition) is 3. The number of nitrogens with zero attached hydrogens (tertiary/aromatic N) is 2. The van der Waals surface area contributed by atoms with Crippen LogP contribution in [0.4, 0.5) is 0 Å². The van der Waals surface area contributed by atoms with Gasteiger partial charge in [-0.15, -0.1) is 0 Å². The molecule has 0 aliphatic rings. The van der Waals surface area contributed by atoms with Crippen molar-refractivity contribution >= 4 is 0 Å². The summed E-state index contributed by atoms with van der Waals surface area (Å²) in [5, 5.41) is 14.3. The van der Waals surface area contributed by atoms with Crippen LogP contribution >= 0.6 is 0 Å². The third kappa shape index (κ3) is 153. The minimum atomic E-state index is 1.00. The van der Waals surface area contributed by atoms with Gasteiger partial charge in [0.05, 0.1) is 6.07 Å². The van der Waals surface area contributed by atoms with E-state index in [1.165, 1.54) is 6.92 Å². The lowest BCUT2D eigenvalue weighted by atomic mass is 10.7. The molecule has 0 aromatic carbocycles. The van der Waals surface area contributed by atoms with Crippen LogP contribution in [0.5, 0.6) is 0 Å². The zero-order chi connectivity index (χ0) is 8.99. The molecule has 0 amide bonds. The highest BCUT2D eigenvalue weighted by molar-refractivity contribution is 4.51. The minimum absolute atomic E-state index is 1.00. The monoisotopic (exact) mass is 146 g/mol. The second-order valence-electron chi connectivity index (χ2n) is 1.62. The SMILES string of the molecule is CC#N.CCN(C)C.CO. The molecule has 3 heteroatoms. The Labute approximate surface area is 63.9 Å². The van der Waals surface area contributed by atoms with Gasteiger partial charge in [0.25, 0.3) is 0 Å². The van der Waals surface area contributed by atoms with E-state index in [4.69, 9.17) is 10.4 Å². The van der Waals surface area contributed by atoms with E-state index < -0.39 is 0 Å². The van der Waals surface area contributed by atoms with Crippen molar-refractivity contribution in [1.29, 1.82) is 5.26 Å². The molecule has 0 saturated carbocycles. The summed E-state index contributed by atoms with van der Waals surface area (Å²) in [7, 11) is 5.11. The number of nitriles is 1. The van der Waals surface area contributed by atoms with Crippen LogP contribution in [0.25, 0.3) is 0 Å². The van der Waals surface area contributed by atoms with Crippen molar-refractivity contribution < 1.29 is 5.11 Å². The van der Waals surface area contributed by atoms with Crippen molar-refractivity contribution in [3.05, 3.63) is 0 Å². The predicted molar refractivity (Wildman–Crippen MR) is 43.7 cm³/mol. The Morgan fingerprint density at radius 1 is 1.40 bits per heavy atom. The molecule has 0 saturated heterocycles. The van der Waals surface area contributed by atoms with Gasteiger partial charge in [-0.25, -0.2) is 0 Å². The summed E-state index contributed by atoms with van der Waals surface area (Å²) in [6, 6.07) is 1.75. The third-order valence-electron chi connectivity index (χ3n) is 0.632. The van der Waals surface area contributed by atoms with Crippen LogP contribution in [-0.4, -0.2) is 37.8 Å². The van der Waals surface area contributed by atoms with E-state index in [1.54, 1.807) is 6.07 Å². The van der Waals surface area contributed by atoms with Crippen molar-refractivity contribution in [3.8, 4) is 6.07 Å². The summed E-state index contributed by atoms with van der Waals surface area (Å²) in [6.45, 7) is 4.69. The van der Waals surface area contributed by atoms with Gasteiger partial charge in [0.2, 0.25) is 0 Å². The van der Waals surface area contributed by atoms with E-state index in [-0.39, 0.29) is 0 Å². The highest BCUT2D eigenvalue weighted by Gasteiger charge is 1.72. The summed E-state index contributed by atoms with van der Waals surface area (Å²) in [6.07, 6.45) is 0. The Kier molecular flexibility index (Phi) is 38.5. The molecule has 0 fully saturated rings. The van der Waals surface area contributed by atoms with Gasteiger partial charge in [-0.05, 0) is 20.6 Å². The second kappa shape index (κ2) is 23.7. The molecule has 0 radical (unpaired) electrons. The van der Waals surface area contributed by atoms with Crippen LogP contribution in [0.15, 0.2) is 0 Å². The molecule has 0 aromatic rings. The van der Waals surface area contributed by atoms with E-state index in [0.717, 1.165) is 13.7 Å². The molecule has 1 N–H and O–H groups in total. The van der Waals surface area contributed by atoms with E-state index in [1.807, 2.05) is 0 Å². The van der Waals surface area contributed by atoms with Crippen LogP contribution in [-0.2, 0) is 0 Å². The molecule has 0 bridgehead atoms. The first-order valence-corrected chi connectivity index (χ1v) is 3.09. The highest BCUT2D eigenvalue weighted by atomic mass is 16.2. The minimum Gasteiger partial charge on any atom is -0.400 e. The Morgan fingerprint density at radius 2 is 1.50 bits per heavy atom. The Bertz CT molecular complexity index is 66.5. The number of aliphatic hydroxyl groups is 1. The third-order valence-corrected chi connectivity index (χ3v) is 0.632. The Morgan fingerprint density at radius 3 is 1.50 bits per heavy atom. The van der Waals surface area contributed by atoms with E-state index in [0.29, 0.717) is 0 Å². The molecule has 0 aliphatic carbocycles. The van der Waals surface area contributed by atoms with Gasteiger partial charge >= 0.3 is 0 Å². The first-order valence-electron chi connectivity index (χ1n) is 3.09. The lowest BCUT2D eigenvalue weighted by Gasteiger charge is -2.00. The van der Waals surface area contributed by atoms with Gasteiger partial charge in [-0.2, -0.15) is 5.26 Å². The van der Waals surface area contributed by atoms with Gasteiger partial charge in [-0.1, -0.05) is 6.92 Å². The lowest BCUT2D eigenvalue weighted by molar-refractivity contribution is 0.399. The molecule has 3 nitrogen and oxygen atoms in total. The van der Waals surface area contributed by atoms with Gasteiger partial charge in [0, 0.05) is 14.0 Å². The topological polar surface area (TPSA) is 47.3 Å². The normalized spacial score (nSPS) is 6.20. The van der Waals surface area contributed by atoms with Gasteiger partial charge in [0.15, 0.2) is 0 Å². The van der Waals surface area contributed by atoms with Gasteiger partial charge in [0.1, 0.15) is 0 Å². The molecular weight excluding hydrogens is 128 g/mol. The fraction of sp³-hybridized carbons (Fsp3) is 0.857. The fourth-order valence-electron chi connectivity index (χ4n) is 0. The summed E-state index contributed by atoms with van der Waals surface area (Å²) < 4.78 is 0. The largest absolute Gasteiger partial charge is 0.400 e. The Balaban J connectivity index is -0.0000000847. The van der Waals surface area contributed by atoms with Crippen molar-refractivity contribution in [3.63, 3.8) is 0 Å². The first kappa shape index (κ1) is 16.2. The molecule has 0 aliphatic heterocycles. The van der Waals surface area contributed by atoms with Crippen LogP contribution in [0.2, 0.25) is 0 Å². The molecule has 0 spiro atoms. The van der Waals surface area contributed by atoms with Crippen LogP contribution < -0.4 is 0 Å². The molecular formula is C7H18N2O. The first-order chi connectivity index (χ1) is 4.68.